The lowest BCUT2D eigenvalue weighted by molar-refractivity contribution is 0.133. The Morgan fingerprint density at radius 1 is 1.62 bits per heavy atom. The highest BCUT2D eigenvalue weighted by atomic mass is 16.3. The second kappa shape index (κ2) is 2.49. The largest absolute Gasteiger partial charge is 0.393 e. The van der Waals surface area contributed by atoms with Crippen LogP contribution in [0.25, 0.3) is 0 Å². The molecule has 8 heavy (non-hydrogen) atoms. The molecule has 1 heteroatoms. The summed E-state index contributed by atoms with van der Waals surface area (Å²) >= 11 is 0. The van der Waals surface area contributed by atoms with Gasteiger partial charge in [-0.1, -0.05) is 19.3 Å². The molecule has 0 spiro atoms. The normalized spacial score (nSPS) is 24.8. The van der Waals surface area contributed by atoms with E-state index < -0.39 is 0 Å². The van der Waals surface area contributed by atoms with E-state index in [1.807, 2.05) is 6.92 Å². The maximum atomic E-state index is 8.89. The topological polar surface area (TPSA) is 20.2 Å². The van der Waals surface area contributed by atoms with Crippen LogP contribution in [0.3, 0.4) is 0 Å². The molecule has 0 amide bonds. The predicted molar refractivity (Wildman–Crippen MR) is 33.6 cm³/mol. The molecule has 1 fully saturated rings. The van der Waals surface area contributed by atoms with E-state index in [1.54, 1.807) is 0 Å². The van der Waals surface area contributed by atoms with Crippen molar-refractivity contribution in [3.05, 3.63) is 0 Å². The van der Waals surface area contributed by atoms with Gasteiger partial charge in [-0.15, -0.1) is 0 Å². The summed E-state index contributed by atoms with van der Waals surface area (Å²) in [6, 6.07) is 0. The Labute approximate surface area is 50.7 Å². The van der Waals surface area contributed by atoms with Crippen LogP contribution in [0, 0.1) is 5.92 Å². The van der Waals surface area contributed by atoms with Gasteiger partial charge in [-0.05, 0) is 19.3 Å². The van der Waals surface area contributed by atoms with Crippen molar-refractivity contribution in [3.63, 3.8) is 0 Å². The summed E-state index contributed by atoms with van der Waals surface area (Å²) in [5.74, 6) is 0.856. The number of hydrogen-bond acceptors (Lipinski definition) is 1. The Balaban J connectivity index is 2.01. The summed E-state index contributed by atoms with van der Waals surface area (Å²) < 4.78 is 0. The number of aliphatic hydroxyl groups excluding tert-OH is 1. The third kappa shape index (κ3) is 1.48. The van der Waals surface area contributed by atoms with E-state index in [-0.39, 0.29) is 6.10 Å². The van der Waals surface area contributed by atoms with Crippen molar-refractivity contribution >= 4 is 0 Å². The van der Waals surface area contributed by atoms with E-state index in [2.05, 4.69) is 0 Å². The van der Waals surface area contributed by atoms with Crippen molar-refractivity contribution in [2.24, 2.45) is 5.92 Å². The van der Waals surface area contributed by atoms with Gasteiger partial charge in [0, 0.05) is 0 Å². The van der Waals surface area contributed by atoms with E-state index in [0.717, 1.165) is 12.3 Å². The first-order chi connectivity index (χ1) is 3.79. The van der Waals surface area contributed by atoms with E-state index in [1.165, 1.54) is 19.3 Å². The lowest BCUT2D eigenvalue weighted by atomic mass is 9.82. The fourth-order valence-corrected chi connectivity index (χ4v) is 1.21. The van der Waals surface area contributed by atoms with Crippen molar-refractivity contribution in [1.82, 2.24) is 0 Å². The van der Waals surface area contributed by atoms with Gasteiger partial charge in [0.15, 0.2) is 0 Å². The molecule has 1 aliphatic rings. The molecule has 1 atom stereocenters. The molecule has 0 aromatic heterocycles. The standard InChI is InChI=1S/C7H14O/c1-6(8)5-7-3-2-4-7/h6-8H,2-5H2,1H3. The summed E-state index contributed by atoms with van der Waals surface area (Å²) in [6.07, 6.45) is 5.05. The van der Waals surface area contributed by atoms with Crippen LogP contribution in [0.2, 0.25) is 0 Å². The van der Waals surface area contributed by atoms with E-state index in [0.29, 0.717) is 0 Å². The Morgan fingerprint density at radius 2 is 2.25 bits per heavy atom. The highest BCUT2D eigenvalue weighted by molar-refractivity contribution is 4.70. The minimum atomic E-state index is -0.0692. The molecule has 1 unspecified atom stereocenters. The number of hydrogen-bond donors (Lipinski definition) is 1. The SMILES string of the molecule is CC(O)CC1CCC1. The molecule has 0 aromatic rings. The average molecular weight is 114 g/mol. The van der Waals surface area contributed by atoms with Crippen LogP contribution in [0.15, 0.2) is 0 Å². The Morgan fingerprint density at radius 3 is 2.38 bits per heavy atom. The van der Waals surface area contributed by atoms with Crippen LogP contribution in [0.1, 0.15) is 32.6 Å². The summed E-state index contributed by atoms with van der Waals surface area (Å²) in [5.41, 5.74) is 0. The molecular formula is C7H14O. The molecule has 1 rings (SSSR count). The van der Waals surface area contributed by atoms with Gasteiger partial charge < -0.3 is 5.11 Å². The first-order valence-electron chi connectivity index (χ1n) is 3.47. The second-order valence-electron chi connectivity index (χ2n) is 2.88. The minimum Gasteiger partial charge on any atom is -0.393 e. The second-order valence-corrected chi connectivity index (χ2v) is 2.88. The van der Waals surface area contributed by atoms with Gasteiger partial charge in [-0.25, -0.2) is 0 Å². The van der Waals surface area contributed by atoms with Crippen LogP contribution < -0.4 is 0 Å². The van der Waals surface area contributed by atoms with Crippen LogP contribution in [0.5, 0.6) is 0 Å². The highest BCUT2D eigenvalue weighted by Gasteiger charge is 2.18. The average Bonchev–Trinajstić information content (AvgIpc) is 1.55. The van der Waals surface area contributed by atoms with Crippen molar-refractivity contribution in [1.29, 1.82) is 0 Å². The van der Waals surface area contributed by atoms with Gasteiger partial charge in [-0.3, -0.25) is 0 Å². The molecule has 0 saturated heterocycles. The van der Waals surface area contributed by atoms with Crippen molar-refractivity contribution in [3.8, 4) is 0 Å². The molecule has 0 radical (unpaired) electrons. The molecule has 1 nitrogen and oxygen atoms in total. The molecule has 0 aliphatic heterocycles. The molecular weight excluding hydrogens is 100 g/mol. The van der Waals surface area contributed by atoms with Gasteiger partial charge in [0.2, 0.25) is 0 Å². The van der Waals surface area contributed by atoms with Gasteiger partial charge in [0.25, 0.3) is 0 Å². The molecule has 0 aromatic carbocycles. The van der Waals surface area contributed by atoms with Gasteiger partial charge in [0.05, 0.1) is 6.10 Å². The summed E-state index contributed by atoms with van der Waals surface area (Å²) in [4.78, 5) is 0. The van der Waals surface area contributed by atoms with Crippen LogP contribution in [-0.2, 0) is 0 Å². The molecule has 0 heterocycles. The Bertz CT molecular complexity index is 64.8. The molecule has 1 saturated carbocycles. The number of aliphatic hydroxyl groups is 1. The third-order valence-corrected chi connectivity index (χ3v) is 1.90. The van der Waals surface area contributed by atoms with Crippen LogP contribution in [0.4, 0.5) is 0 Å². The first kappa shape index (κ1) is 6.09. The van der Waals surface area contributed by atoms with Gasteiger partial charge in [0.1, 0.15) is 0 Å². The van der Waals surface area contributed by atoms with Gasteiger partial charge in [-0.2, -0.15) is 0 Å². The zero-order chi connectivity index (χ0) is 5.98. The maximum absolute atomic E-state index is 8.89. The van der Waals surface area contributed by atoms with E-state index in [4.69, 9.17) is 5.11 Å². The van der Waals surface area contributed by atoms with E-state index in [9.17, 15) is 0 Å². The number of rotatable bonds is 2. The summed E-state index contributed by atoms with van der Waals surface area (Å²) in [7, 11) is 0. The molecule has 0 bridgehead atoms. The summed E-state index contributed by atoms with van der Waals surface area (Å²) in [5, 5.41) is 8.89. The van der Waals surface area contributed by atoms with Crippen molar-refractivity contribution in [2.45, 2.75) is 38.7 Å². The third-order valence-electron chi connectivity index (χ3n) is 1.90. The van der Waals surface area contributed by atoms with Crippen LogP contribution in [-0.4, -0.2) is 11.2 Å². The van der Waals surface area contributed by atoms with Crippen molar-refractivity contribution in [2.75, 3.05) is 0 Å². The molecule has 48 valence electrons. The Kier molecular flexibility index (Phi) is 1.90. The fourth-order valence-electron chi connectivity index (χ4n) is 1.21. The quantitative estimate of drug-likeness (QED) is 0.577. The monoisotopic (exact) mass is 114 g/mol. The van der Waals surface area contributed by atoms with Crippen molar-refractivity contribution < 1.29 is 5.11 Å². The van der Waals surface area contributed by atoms with Crippen LogP contribution >= 0.6 is 0 Å². The lowest BCUT2D eigenvalue weighted by Gasteiger charge is -2.26. The Hall–Kier alpha value is -0.0400. The smallest absolute Gasteiger partial charge is 0.0514 e. The highest BCUT2D eigenvalue weighted by Crippen LogP contribution is 2.30. The lowest BCUT2D eigenvalue weighted by Crippen LogP contribution is -2.16. The molecule has 1 aliphatic carbocycles. The first-order valence-corrected chi connectivity index (χ1v) is 3.47. The van der Waals surface area contributed by atoms with Gasteiger partial charge >= 0.3 is 0 Å². The minimum absolute atomic E-state index is 0.0692. The zero-order valence-electron chi connectivity index (χ0n) is 5.43. The summed E-state index contributed by atoms with van der Waals surface area (Å²) in [6.45, 7) is 1.87. The fraction of sp³-hybridized carbons (Fsp3) is 1.00. The van der Waals surface area contributed by atoms with E-state index >= 15 is 0 Å². The molecule has 1 N–H and O–H groups in total. The predicted octanol–water partition coefficient (Wildman–Crippen LogP) is 1.56. The zero-order valence-corrected chi connectivity index (χ0v) is 5.43. The maximum Gasteiger partial charge on any atom is 0.0514 e.